The van der Waals surface area contributed by atoms with Gasteiger partial charge in [0.15, 0.2) is 11.5 Å². The Balaban J connectivity index is 1.67. The van der Waals surface area contributed by atoms with E-state index < -0.39 is 0 Å². The number of benzene rings is 1. The van der Waals surface area contributed by atoms with E-state index >= 15 is 0 Å². The largest absolute Gasteiger partial charge is 0.495 e. The van der Waals surface area contributed by atoms with Gasteiger partial charge in [0, 0.05) is 18.8 Å². The van der Waals surface area contributed by atoms with Crippen LogP contribution in [0.25, 0.3) is 0 Å². The van der Waals surface area contributed by atoms with E-state index in [0.29, 0.717) is 22.4 Å². The van der Waals surface area contributed by atoms with E-state index in [0.717, 1.165) is 25.3 Å². The third-order valence-electron chi connectivity index (χ3n) is 4.27. The summed E-state index contributed by atoms with van der Waals surface area (Å²) in [7, 11) is 1.54. The summed E-state index contributed by atoms with van der Waals surface area (Å²) in [6.45, 7) is 4.20. The van der Waals surface area contributed by atoms with E-state index in [1.807, 2.05) is 6.07 Å². The Morgan fingerprint density at radius 3 is 2.80 bits per heavy atom. The van der Waals surface area contributed by atoms with E-state index in [-0.39, 0.29) is 11.6 Å². The van der Waals surface area contributed by atoms with Crippen LogP contribution in [0.5, 0.6) is 5.75 Å². The number of aromatic nitrogens is 2. The van der Waals surface area contributed by atoms with Gasteiger partial charge in [0.1, 0.15) is 5.75 Å². The fourth-order valence-corrected chi connectivity index (χ4v) is 3.21. The molecule has 6 nitrogen and oxygen atoms in total. The van der Waals surface area contributed by atoms with Crippen LogP contribution in [0.15, 0.2) is 30.3 Å². The van der Waals surface area contributed by atoms with Crippen LogP contribution in [0.3, 0.4) is 0 Å². The van der Waals surface area contributed by atoms with Gasteiger partial charge in [-0.3, -0.25) is 4.79 Å². The highest BCUT2D eigenvalue weighted by atomic mass is 35.5. The van der Waals surface area contributed by atoms with Crippen molar-refractivity contribution in [2.24, 2.45) is 5.92 Å². The summed E-state index contributed by atoms with van der Waals surface area (Å²) in [5.74, 6) is 1.70. The Labute approximate surface area is 152 Å². The maximum Gasteiger partial charge on any atom is 0.276 e. The fraction of sp³-hybridized carbons (Fsp3) is 0.389. The SMILES string of the molecule is COc1ccc(NC(=O)c2ccc(N3CCCC(C)C3)nn2)cc1Cl. The highest BCUT2D eigenvalue weighted by Gasteiger charge is 2.18. The second-order valence-electron chi connectivity index (χ2n) is 6.27. The quantitative estimate of drug-likeness (QED) is 0.901. The van der Waals surface area contributed by atoms with Crippen LogP contribution < -0.4 is 15.0 Å². The highest BCUT2D eigenvalue weighted by molar-refractivity contribution is 6.32. The standard InChI is InChI=1S/C18H21ClN4O2/c1-12-4-3-9-23(11-12)17-8-6-15(21-22-17)18(24)20-13-5-7-16(25-2)14(19)10-13/h5-8,10,12H,3-4,9,11H2,1-2H3,(H,20,24). The summed E-state index contributed by atoms with van der Waals surface area (Å²) < 4.78 is 5.10. The molecule has 2 aromatic rings. The zero-order chi connectivity index (χ0) is 17.8. The third kappa shape index (κ3) is 4.20. The van der Waals surface area contributed by atoms with Crippen LogP contribution in [0.1, 0.15) is 30.3 Å². The minimum absolute atomic E-state index is 0.265. The van der Waals surface area contributed by atoms with Gasteiger partial charge in [-0.05, 0) is 49.1 Å². The van der Waals surface area contributed by atoms with E-state index in [1.165, 1.54) is 6.42 Å². The molecule has 7 heteroatoms. The maximum atomic E-state index is 12.3. The van der Waals surface area contributed by atoms with Crippen LogP contribution in [-0.2, 0) is 0 Å². The Hall–Kier alpha value is -2.34. The second-order valence-corrected chi connectivity index (χ2v) is 6.68. The molecule has 0 radical (unpaired) electrons. The van der Waals surface area contributed by atoms with Gasteiger partial charge < -0.3 is 15.0 Å². The van der Waals surface area contributed by atoms with E-state index in [4.69, 9.17) is 16.3 Å². The number of methoxy groups -OCH3 is 1. The van der Waals surface area contributed by atoms with Gasteiger partial charge in [0.2, 0.25) is 0 Å². The lowest BCUT2D eigenvalue weighted by Crippen LogP contribution is -2.35. The number of ether oxygens (including phenoxy) is 1. The minimum Gasteiger partial charge on any atom is -0.495 e. The van der Waals surface area contributed by atoms with Gasteiger partial charge in [-0.15, -0.1) is 10.2 Å². The number of anilines is 2. The number of carbonyl (C=O) groups is 1. The molecule has 0 bridgehead atoms. The molecule has 1 aliphatic rings. The summed E-state index contributed by atoms with van der Waals surface area (Å²) in [6, 6.07) is 8.60. The summed E-state index contributed by atoms with van der Waals surface area (Å²) in [6.07, 6.45) is 2.40. The molecule has 0 saturated carbocycles. The lowest BCUT2D eigenvalue weighted by atomic mass is 10.0. The van der Waals surface area contributed by atoms with Crippen molar-refractivity contribution < 1.29 is 9.53 Å². The number of piperidine rings is 1. The molecule has 1 unspecified atom stereocenters. The molecule has 1 aromatic heterocycles. The number of nitrogens with zero attached hydrogens (tertiary/aromatic N) is 3. The number of nitrogens with one attached hydrogen (secondary N) is 1. The van der Waals surface area contributed by atoms with Crippen molar-refractivity contribution in [3.8, 4) is 5.75 Å². The van der Waals surface area contributed by atoms with Crippen molar-refractivity contribution in [1.29, 1.82) is 0 Å². The highest BCUT2D eigenvalue weighted by Crippen LogP contribution is 2.27. The third-order valence-corrected chi connectivity index (χ3v) is 4.57. The normalized spacial score (nSPS) is 17.2. The Kier molecular flexibility index (Phi) is 5.38. The summed E-state index contributed by atoms with van der Waals surface area (Å²) >= 11 is 6.07. The Morgan fingerprint density at radius 1 is 1.32 bits per heavy atom. The lowest BCUT2D eigenvalue weighted by molar-refractivity contribution is 0.102. The van der Waals surface area contributed by atoms with Gasteiger partial charge >= 0.3 is 0 Å². The summed E-state index contributed by atoms with van der Waals surface area (Å²) in [5, 5.41) is 11.5. The number of rotatable bonds is 4. The first-order valence-electron chi connectivity index (χ1n) is 8.30. The molecule has 1 aromatic carbocycles. The predicted octanol–water partition coefficient (Wildman–Crippen LogP) is 3.63. The first-order valence-corrected chi connectivity index (χ1v) is 8.68. The van der Waals surface area contributed by atoms with E-state index in [1.54, 1.807) is 31.4 Å². The molecule has 1 amide bonds. The zero-order valence-electron chi connectivity index (χ0n) is 14.3. The van der Waals surface area contributed by atoms with Crippen molar-refractivity contribution in [3.05, 3.63) is 41.0 Å². The lowest BCUT2D eigenvalue weighted by Gasteiger charge is -2.31. The molecule has 0 spiro atoms. The zero-order valence-corrected chi connectivity index (χ0v) is 15.1. The smallest absolute Gasteiger partial charge is 0.276 e. The molecule has 25 heavy (non-hydrogen) atoms. The predicted molar refractivity (Wildman–Crippen MR) is 98.6 cm³/mol. The van der Waals surface area contributed by atoms with Gasteiger partial charge in [-0.1, -0.05) is 18.5 Å². The van der Waals surface area contributed by atoms with Crippen LogP contribution in [-0.4, -0.2) is 36.3 Å². The molecule has 3 rings (SSSR count). The number of carbonyl (C=O) groups excluding carboxylic acids is 1. The van der Waals surface area contributed by atoms with E-state index in [2.05, 4.69) is 27.3 Å². The summed E-state index contributed by atoms with van der Waals surface area (Å²) in [5.41, 5.74) is 0.840. The average molecular weight is 361 g/mol. The molecule has 2 heterocycles. The van der Waals surface area contributed by atoms with Gasteiger partial charge in [-0.2, -0.15) is 0 Å². The van der Waals surface area contributed by atoms with Crippen LogP contribution in [0, 0.1) is 5.92 Å². The number of amides is 1. The van der Waals surface area contributed by atoms with Crippen molar-refractivity contribution in [3.63, 3.8) is 0 Å². The van der Waals surface area contributed by atoms with Crippen LogP contribution in [0.2, 0.25) is 5.02 Å². The number of halogens is 1. The van der Waals surface area contributed by atoms with Crippen molar-refractivity contribution in [1.82, 2.24) is 10.2 Å². The number of hydrogen-bond donors (Lipinski definition) is 1. The molecule has 1 aliphatic heterocycles. The van der Waals surface area contributed by atoms with Gasteiger partial charge in [0.05, 0.1) is 12.1 Å². The summed E-state index contributed by atoms with van der Waals surface area (Å²) in [4.78, 5) is 14.5. The molecular formula is C18H21ClN4O2. The van der Waals surface area contributed by atoms with Crippen LogP contribution >= 0.6 is 11.6 Å². The van der Waals surface area contributed by atoms with Crippen LogP contribution in [0.4, 0.5) is 11.5 Å². The molecule has 1 atom stereocenters. The molecule has 0 aliphatic carbocycles. The van der Waals surface area contributed by atoms with Gasteiger partial charge in [-0.25, -0.2) is 0 Å². The van der Waals surface area contributed by atoms with Crippen molar-refractivity contribution in [2.45, 2.75) is 19.8 Å². The molecule has 1 fully saturated rings. The monoisotopic (exact) mass is 360 g/mol. The first-order chi connectivity index (χ1) is 12.1. The van der Waals surface area contributed by atoms with Crippen molar-refractivity contribution in [2.75, 3.05) is 30.4 Å². The minimum atomic E-state index is -0.327. The maximum absolute atomic E-state index is 12.3. The molecular weight excluding hydrogens is 340 g/mol. The average Bonchev–Trinajstić information content (AvgIpc) is 2.62. The fourth-order valence-electron chi connectivity index (χ4n) is 2.95. The molecule has 1 saturated heterocycles. The topological polar surface area (TPSA) is 67.3 Å². The Morgan fingerprint density at radius 2 is 2.16 bits per heavy atom. The second kappa shape index (κ2) is 7.70. The molecule has 132 valence electrons. The first kappa shape index (κ1) is 17.5. The van der Waals surface area contributed by atoms with Crippen molar-refractivity contribution >= 4 is 29.0 Å². The Bertz CT molecular complexity index is 751. The van der Waals surface area contributed by atoms with Gasteiger partial charge in [0.25, 0.3) is 5.91 Å². The molecule has 1 N–H and O–H groups in total. The van der Waals surface area contributed by atoms with E-state index in [9.17, 15) is 4.79 Å². The number of hydrogen-bond acceptors (Lipinski definition) is 5.